The van der Waals surface area contributed by atoms with Gasteiger partial charge in [-0.05, 0) is 37.4 Å². The third kappa shape index (κ3) is 5.92. The molecule has 9 nitrogen and oxygen atoms in total. The number of carbonyl (C=O) groups is 1. The molecule has 0 atom stereocenters. The van der Waals surface area contributed by atoms with Crippen molar-refractivity contribution in [3.63, 3.8) is 0 Å². The molecule has 0 radical (unpaired) electrons. The molecule has 13 heteroatoms. The van der Waals surface area contributed by atoms with Crippen molar-refractivity contribution in [3.05, 3.63) is 60.9 Å². The number of sulfonamides is 1. The quantitative estimate of drug-likeness (QED) is 0.357. The highest BCUT2D eigenvalue weighted by Gasteiger charge is 2.41. The number of aromatic nitrogens is 2. The maximum atomic E-state index is 12.4. The fraction of sp³-hybridized carbons (Fsp3) is 0.105. The highest BCUT2D eigenvalue weighted by atomic mass is 32.2. The molecule has 0 fully saturated rings. The maximum Gasteiger partial charge on any atom is 0.491 e. The Labute approximate surface area is 180 Å². The number of halogens is 3. The molecule has 0 aliphatic heterocycles. The molecule has 0 unspecified atom stereocenters. The topological polar surface area (TPSA) is 122 Å². The van der Waals surface area contributed by atoms with Crippen LogP contribution in [0.2, 0.25) is 0 Å². The Morgan fingerprint density at radius 1 is 0.938 bits per heavy atom. The summed E-state index contributed by atoms with van der Waals surface area (Å²) in [7, 11) is -2.32. The van der Waals surface area contributed by atoms with Gasteiger partial charge >= 0.3 is 12.1 Å². The Hall–Kier alpha value is -3.71. The standard InChI is InChI=1S/C19H16F3N5O4S/c1-23-32(29,30)15-7-3-5-13(9-15)27-17-10-16(24-11-25-17)26-12-4-2-6-14(8-12)31-18(28)19(20,21)22/h2-11,23H,1H3,(H2,24,25,26,27). The molecule has 1 heterocycles. The molecule has 0 aliphatic carbocycles. The van der Waals surface area contributed by atoms with Crippen LogP contribution in [0.1, 0.15) is 0 Å². The van der Waals surface area contributed by atoms with Gasteiger partial charge in [0.25, 0.3) is 0 Å². The van der Waals surface area contributed by atoms with Gasteiger partial charge in [-0.15, -0.1) is 0 Å². The zero-order valence-corrected chi connectivity index (χ0v) is 17.2. The van der Waals surface area contributed by atoms with E-state index in [4.69, 9.17) is 0 Å². The SMILES string of the molecule is CNS(=O)(=O)c1cccc(Nc2cc(Nc3cccc(OC(=O)C(F)(F)F)c3)ncn2)c1. The van der Waals surface area contributed by atoms with Crippen LogP contribution in [0.4, 0.5) is 36.2 Å². The summed E-state index contributed by atoms with van der Waals surface area (Å²) in [5.41, 5.74) is 0.760. The first-order chi connectivity index (χ1) is 15.1. The van der Waals surface area contributed by atoms with Gasteiger partial charge in [0.1, 0.15) is 23.7 Å². The minimum atomic E-state index is -5.11. The van der Waals surface area contributed by atoms with Crippen LogP contribution in [-0.4, -0.2) is 37.6 Å². The van der Waals surface area contributed by atoms with Gasteiger partial charge in [-0.1, -0.05) is 12.1 Å². The van der Waals surface area contributed by atoms with E-state index in [0.717, 1.165) is 0 Å². The van der Waals surface area contributed by atoms with Crippen LogP contribution in [0.3, 0.4) is 0 Å². The molecule has 168 valence electrons. The fourth-order valence-electron chi connectivity index (χ4n) is 2.45. The summed E-state index contributed by atoms with van der Waals surface area (Å²) in [5, 5.41) is 5.80. The number of alkyl halides is 3. The predicted octanol–water partition coefficient (Wildman–Crippen LogP) is 3.34. The van der Waals surface area contributed by atoms with Crippen molar-refractivity contribution in [2.24, 2.45) is 0 Å². The van der Waals surface area contributed by atoms with Crippen molar-refractivity contribution in [2.75, 3.05) is 17.7 Å². The molecule has 3 aromatic rings. The summed E-state index contributed by atoms with van der Waals surface area (Å²) in [6, 6.07) is 12.9. The number of nitrogens with one attached hydrogen (secondary N) is 3. The van der Waals surface area contributed by atoms with Crippen molar-refractivity contribution in [2.45, 2.75) is 11.1 Å². The van der Waals surface area contributed by atoms with Crippen LogP contribution in [0.25, 0.3) is 0 Å². The Kier molecular flexibility index (Phi) is 6.60. The molecule has 1 aromatic heterocycles. The number of carbonyl (C=O) groups excluding carboxylic acids is 1. The van der Waals surface area contributed by atoms with Gasteiger partial charge in [-0.2, -0.15) is 13.2 Å². The van der Waals surface area contributed by atoms with Gasteiger partial charge in [-0.25, -0.2) is 27.9 Å². The lowest BCUT2D eigenvalue weighted by Crippen LogP contribution is -2.27. The van der Waals surface area contributed by atoms with Crippen LogP contribution in [0.5, 0.6) is 5.75 Å². The fourth-order valence-corrected chi connectivity index (χ4v) is 3.23. The van der Waals surface area contributed by atoms with E-state index in [2.05, 4.69) is 30.1 Å². The number of anilines is 4. The molecule has 0 saturated carbocycles. The van der Waals surface area contributed by atoms with Crippen molar-refractivity contribution >= 4 is 39.0 Å². The average Bonchev–Trinajstić information content (AvgIpc) is 2.74. The average molecular weight is 467 g/mol. The summed E-state index contributed by atoms with van der Waals surface area (Å²) < 4.78 is 67.5. The summed E-state index contributed by atoms with van der Waals surface area (Å²) in [6.45, 7) is 0. The lowest BCUT2D eigenvalue weighted by Gasteiger charge is -2.11. The van der Waals surface area contributed by atoms with Gasteiger partial charge in [0.05, 0.1) is 4.90 Å². The molecule has 0 bridgehead atoms. The van der Waals surface area contributed by atoms with Gasteiger partial charge in [0, 0.05) is 23.5 Å². The van der Waals surface area contributed by atoms with E-state index in [1.165, 1.54) is 55.8 Å². The largest absolute Gasteiger partial charge is 0.491 e. The van der Waals surface area contributed by atoms with E-state index < -0.39 is 22.2 Å². The van der Waals surface area contributed by atoms with E-state index in [-0.39, 0.29) is 16.5 Å². The van der Waals surface area contributed by atoms with Crippen molar-refractivity contribution in [3.8, 4) is 5.75 Å². The third-order valence-electron chi connectivity index (χ3n) is 3.90. The summed E-state index contributed by atoms with van der Waals surface area (Å²) >= 11 is 0. The summed E-state index contributed by atoms with van der Waals surface area (Å²) in [6.07, 6.45) is -3.88. The van der Waals surface area contributed by atoms with E-state index >= 15 is 0 Å². The molecular formula is C19H16F3N5O4S. The van der Waals surface area contributed by atoms with Gasteiger partial charge in [-0.3, -0.25) is 0 Å². The minimum absolute atomic E-state index is 0.0580. The predicted molar refractivity (Wildman–Crippen MR) is 109 cm³/mol. The molecule has 32 heavy (non-hydrogen) atoms. The van der Waals surface area contributed by atoms with E-state index in [1.54, 1.807) is 12.1 Å². The normalized spacial score (nSPS) is 11.6. The van der Waals surface area contributed by atoms with Crippen LogP contribution in [-0.2, 0) is 14.8 Å². The zero-order valence-electron chi connectivity index (χ0n) is 16.3. The molecule has 0 aliphatic rings. The molecule has 3 rings (SSSR count). The highest BCUT2D eigenvalue weighted by Crippen LogP contribution is 2.25. The van der Waals surface area contributed by atoms with Gasteiger partial charge < -0.3 is 15.4 Å². The second-order valence-corrected chi connectivity index (χ2v) is 8.08. The van der Waals surface area contributed by atoms with Gasteiger partial charge in [0.15, 0.2) is 0 Å². The number of nitrogens with zero attached hydrogens (tertiary/aromatic N) is 2. The van der Waals surface area contributed by atoms with Crippen molar-refractivity contribution < 1.29 is 31.1 Å². The number of hydrogen-bond acceptors (Lipinski definition) is 8. The highest BCUT2D eigenvalue weighted by molar-refractivity contribution is 7.89. The Balaban J connectivity index is 1.75. The number of esters is 1. The van der Waals surface area contributed by atoms with Crippen LogP contribution in [0.15, 0.2) is 65.8 Å². The smallest absolute Gasteiger partial charge is 0.420 e. The Bertz CT molecular complexity index is 1240. The van der Waals surface area contributed by atoms with Crippen LogP contribution in [0, 0.1) is 0 Å². The van der Waals surface area contributed by atoms with Crippen LogP contribution >= 0.6 is 0 Å². The first-order valence-corrected chi connectivity index (χ1v) is 10.3. The molecule has 0 saturated heterocycles. The summed E-state index contributed by atoms with van der Waals surface area (Å²) in [5.74, 6) is -2.03. The third-order valence-corrected chi connectivity index (χ3v) is 5.31. The van der Waals surface area contributed by atoms with E-state index in [9.17, 15) is 26.4 Å². The number of benzene rings is 2. The number of rotatable bonds is 7. The maximum absolute atomic E-state index is 12.4. The Morgan fingerprint density at radius 2 is 1.53 bits per heavy atom. The first-order valence-electron chi connectivity index (χ1n) is 8.85. The number of hydrogen-bond donors (Lipinski definition) is 3. The van der Waals surface area contributed by atoms with Crippen molar-refractivity contribution in [1.29, 1.82) is 0 Å². The van der Waals surface area contributed by atoms with Crippen LogP contribution < -0.4 is 20.1 Å². The van der Waals surface area contributed by atoms with E-state index in [1.807, 2.05) is 0 Å². The summed E-state index contributed by atoms with van der Waals surface area (Å²) in [4.78, 5) is 19.1. The molecule has 2 aromatic carbocycles. The Morgan fingerprint density at radius 3 is 2.12 bits per heavy atom. The molecule has 0 spiro atoms. The lowest BCUT2D eigenvalue weighted by molar-refractivity contribution is -0.189. The second-order valence-electron chi connectivity index (χ2n) is 6.19. The molecular weight excluding hydrogens is 451 g/mol. The lowest BCUT2D eigenvalue weighted by atomic mass is 10.3. The monoisotopic (exact) mass is 467 g/mol. The first kappa shape index (κ1) is 23.0. The molecule has 0 amide bonds. The molecule has 3 N–H and O–H groups in total. The zero-order chi connectivity index (χ0) is 23.4. The van der Waals surface area contributed by atoms with Gasteiger partial charge in [0.2, 0.25) is 10.0 Å². The van der Waals surface area contributed by atoms with Crippen molar-refractivity contribution in [1.82, 2.24) is 14.7 Å². The van der Waals surface area contributed by atoms with E-state index in [0.29, 0.717) is 17.2 Å². The second kappa shape index (κ2) is 9.20. The number of ether oxygens (including phenoxy) is 1. The minimum Gasteiger partial charge on any atom is -0.420 e.